The summed E-state index contributed by atoms with van der Waals surface area (Å²) in [6, 6.07) is 1.55. The third kappa shape index (κ3) is 2.27. The maximum absolute atomic E-state index is 5.65. The van der Waals surface area contributed by atoms with Gasteiger partial charge in [0.2, 0.25) is 0 Å². The average molecular weight is 198 g/mol. The molecule has 0 amide bonds. The largest absolute Gasteiger partial charge is 0.381 e. The van der Waals surface area contributed by atoms with Gasteiger partial charge in [-0.3, -0.25) is 4.90 Å². The van der Waals surface area contributed by atoms with E-state index in [9.17, 15) is 0 Å². The monoisotopic (exact) mass is 198 g/mol. The van der Waals surface area contributed by atoms with Crippen molar-refractivity contribution < 1.29 is 4.74 Å². The van der Waals surface area contributed by atoms with Crippen molar-refractivity contribution in [1.29, 1.82) is 0 Å². The van der Waals surface area contributed by atoms with Gasteiger partial charge in [0.1, 0.15) is 0 Å². The Morgan fingerprint density at radius 3 is 2.71 bits per heavy atom. The summed E-state index contributed by atoms with van der Waals surface area (Å²) in [5.74, 6) is 0. The molecule has 82 valence electrons. The van der Waals surface area contributed by atoms with Crippen molar-refractivity contribution >= 4 is 0 Å². The highest BCUT2D eigenvalue weighted by atomic mass is 16.5. The second-order valence-corrected chi connectivity index (χ2v) is 4.45. The van der Waals surface area contributed by atoms with E-state index in [4.69, 9.17) is 10.5 Å². The Morgan fingerprint density at radius 2 is 2.00 bits per heavy atom. The molecule has 0 aromatic rings. The Kier molecular flexibility index (Phi) is 3.79. The quantitative estimate of drug-likeness (QED) is 0.734. The summed E-state index contributed by atoms with van der Waals surface area (Å²) in [5, 5.41) is 0. The van der Waals surface area contributed by atoms with Gasteiger partial charge >= 0.3 is 0 Å². The topological polar surface area (TPSA) is 38.5 Å². The first-order chi connectivity index (χ1) is 6.92. The first-order valence-corrected chi connectivity index (χ1v) is 5.95. The summed E-state index contributed by atoms with van der Waals surface area (Å²) in [7, 11) is 0. The number of hydrogen-bond acceptors (Lipinski definition) is 3. The molecule has 0 aromatic carbocycles. The highest BCUT2D eigenvalue weighted by molar-refractivity contribution is 4.86. The summed E-state index contributed by atoms with van der Waals surface area (Å²) >= 11 is 0. The Hall–Kier alpha value is -0.120. The standard InChI is InChI=1S/C11H22N2O/c12-6-3-10-2-1-7-13(10)11-4-8-14-9-5-11/h10-11H,1-9,12H2. The van der Waals surface area contributed by atoms with Crippen LogP contribution >= 0.6 is 0 Å². The molecular formula is C11H22N2O. The van der Waals surface area contributed by atoms with Crippen molar-refractivity contribution in [2.45, 2.75) is 44.2 Å². The van der Waals surface area contributed by atoms with Crippen LogP contribution in [-0.2, 0) is 4.74 Å². The van der Waals surface area contributed by atoms with Gasteiger partial charge in [0.05, 0.1) is 0 Å². The summed E-state index contributed by atoms with van der Waals surface area (Å²) in [6.07, 6.45) is 6.34. The Labute approximate surface area is 86.6 Å². The van der Waals surface area contributed by atoms with Gasteiger partial charge in [-0.2, -0.15) is 0 Å². The Balaban J connectivity index is 1.87. The second kappa shape index (κ2) is 5.10. The first kappa shape index (κ1) is 10.4. The van der Waals surface area contributed by atoms with E-state index in [0.717, 1.165) is 31.8 Å². The van der Waals surface area contributed by atoms with E-state index in [1.54, 1.807) is 0 Å². The van der Waals surface area contributed by atoms with Crippen molar-refractivity contribution in [2.75, 3.05) is 26.3 Å². The normalized spacial score (nSPS) is 31.1. The number of hydrogen-bond donors (Lipinski definition) is 1. The van der Waals surface area contributed by atoms with E-state index in [2.05, 4.69) is 4.90 Å². The highest BCUT2D eigenvalue weighted by Gasteiger charge is 2.30. The summed E-state index contributed by atoms with van der Waals surface area (Å²) < 4.78 is 5.40. The number of nitrogens with zero attached hydrogens (tertiary/aromatic N) is 1. The fourth-order valence-corrected chi connectivity index (χ4v) is 2.86. The van der Waals surface area contributed by atoms with E-state index in [0.29, 0.717) is 0 Å². The first-order valence-electron chi connectivity index (χ1n) is 5.95. The number of ether oxygens (including phenoxy) is 1. The van der Waals surface area contributed by atoms with Crippen molar-refractivity contribution in [1.82, 2.24) is 4.90 Å². The van der Waals surface area contributed by atoms with Gasteiger partial charge in [0.15, 0.2) is 0 Å². The third-order valence-electron chi connectivity index (χ3n) is 3.58. The van der Waals surface area contributed by atoms with Crippen LogP contribution in [-0.4, -0.2) is 43.3 Å². The molecule has 0 bridgehead atoms. The fourth-order valence-electron chi connectivity index (χ4n) is 2.86. The minimum absolute atomic E-state index is 0.767. The zero-order valence-corrected chi connectivity index (χ0v) is 8.95. The molecule has 0 aromatic heterocycles. The molecule has 14 heavy (non-hydrogen) atoms. The molecule has 2 rings (SSSR count). The predicted octanol–water partition coefficient (Wildman–Crippen LogP) is 0.979. The minimum Gasteiger partial charge on any atom is -0.381 e. The average Bonchev–Trinajstić information content (AvgIpc) is 2.68. The molecule has 0 spiro atoms. The second-order valence-electron chi connectivity index (χ2n) is 4.45. The van der Waals surface area contributed by atoms with Crippen LogP contribution in [0, 0.1) is 0 Å². The van der Waals surface area contributed by atoms with Gasteiger partial charge in [-0.25, -0.2) is 0 Å². The van der Waals surface area contributed by atoms with Gasteiger partial charge in [0.25, 0.3) is 0 Å². The zero-order valence-electron chi connectivity index (χ0n) is 8.95. The molecule has 2 aliphatic heterocycles. The molecule has 2 heterocycles. The lowest BCUT2D eigenvalue weighted by atomic mass is 10.0. The minimum atomic E-state index is 0.767. The molecule has 0 radical (unpaired) electrons. The van der Waals surface area contributed by atoms with Gasteiger partial charge in [-0.15, -0.1) is 0 Å². The van der Waals surface area contributed by atoms with Gasteiger partial charge < -0.3 is 10.5 Å². The summed E-state index contributed by atoms with van der Waals surface area (Å²) in [4.78, 5) is 2.69. The van der Waals surface area contributed by atoms with Crippen LogP contribution in [0.4, 0.5) is 0 Å². The van der Waals surface area contributed by atoms with Gasteiger partial charge in [0, 0.05) is 25.3 Å². The maximum Gasteiger partial charge on any atom is 0.0480 e. The molecule has 2 saturated heterocycles. The number of likely N-dealkylation sites (tertiary alicyclic amines) is 1. The van der Waals surface area contributed by atoms with Crippen molar-refractivity contribution in [3.05, 3.63) is 0 Å². The molecule has 2 aliphatic rings. The van der Waals surface area contributed by atoms with E-state index in [-0.39, 0.29) is 0 Å². The maximum atomic E-state index is 5.65. The number of nitrogens with two attached hydrogens (primary N) is 1. The fraction of sp³-hybridized carbons (Fsp3) is 1.00. The van der Waals surface area contributed by atoms with Gasteiger partial charge in [-0.05, 0) is 45.2 Å². The lowest BCUT2D eigenvalue weighted by Gasteiger charge is -2.35. The van der Waals surface area contributed by atoms with Crippen LogP contribution < -0.4 is 5.73 Å². The van der Waals surface area contributed by atoms with Crippen LogP contribution in [0.15, 0.2) is 0 Å². The predicted molar refractivity (Wildman–Crippen MR) is 57.2 cm³/mol. The molecule has 1 atom stereocenters. The molecule has 2 N–H and O–H groups in total. The van der Waals surface area contributed by atoms with Crippen LogP contribution in [0.3, 0.4) is 0 Å². The third-order valence-corrected chi connectivity index (χ3v) is 3.58. The van der Waals surface area contributed by atoms with E-state index >= 15 is 0 Å². The van der Waals surface area contributed by atoms with Crippen molar-refractivity contribution in [2.24, 2.45) is 5.73 Å². The summed E-state index contributed by atoms with van der Waals surface area (Å²) in [6.45, 7) is 4.03. The van der Waals surface area contributed by atoms with Crippen LogP contribution in [0.2, 0.25) is 0 Å². The van der Waals surface area contributed by atoms with Crippen LogP contribution in [0.5, 0.6) is 0 Å². The van der Waals surface area contributed by atoms with E-state index < -0.39 is 0 Å². The van der Waals surface area contributed by atoms with Crippen molar-refractivity contribution in [3.63, 3.8) is 0 Å². The molecule has 0 saturated carbocycles. The molecular weight excluding hydrogens is 176 g/mol. The van der Waals surface area contributed by atoms with Gasteiger partial charge in [-0.1, -0.05) is 0 Å². The molecule has 3 heteroatoms. The smallest absolute Gasteiger partial charge is 0.0480 e. The molecule has 3 nitrogen and oxygen atoms in total. The Morgan fingerprint density at radius 1 is 1.21 bits per heavy atom. The Bertz CT molecular complexity index is 169. The summed E-state index contributed by atoms with van der Waals surface area (Å²) in [5.41, 5.74) is 5.65. The van der Waals surface area contributed by atoms with E-state index in [1.165, 1.54) is 38.6 Å². The zero-order chi connectivity index (χ0) is 9.80. The SMILES string of the molecule is NCCC1CCCN1C1CCOCC1. The van der Waals surface area contributed by atoms with Crippen LogP contribution in [0.1, 0.15) is 32.1 Å². The van der Waals surface area contributed by atoms with E-state index in [1.807, 2.05) is 0 Å². The molecule has 0 aliphatic carbocycles. The van der Waals surface area contributed by atoms with Crippen molar-refractivity contribution in [3.8, 4) is 0 Å². The lowest BCUT2D eigenvalue weighted by molar-refractivity contribution is 0.0285. The van der Waals surface area contributed by atoms with Crippen LogP contribution in [0.25, 0.3) is 0 Å². The molecule has 1 unspecified atom stereocenters. The lowest BCUT2D eigenvalue weighted by Crippen LogP contribution is -2.43. The molecule has 2 fully saturated rings. The highest BCUT2D eigenvalue weighted by Crippen LogP contribution is 2.26. The number of rotatable bonds is 3.